The van der Waals surface area contributed by atoms with Crippen molar-refractivity contribution >= 4 is 23.4 Å². The largest absolute Gasteiger partial charge is 0.369 e. The van der Waals surface area contributed by atoms with Crippen molar-refractivity contribution in [2.45, 2.75) is 45.6 Å². The number of nitrogens with two attached hydrogens (primary N) is 1. The Balaban J connectivity index is 1.55. The molecule has 1 saturated heterocycles. The molecule has 34 heavy (non-hydrogen) atoms. The van der Waals surface area contributed by atoms with Gasteiger partial charge in [0.2, 0.25) is 11.8 Å². The average Bonchev–Trinajstić information content (AvgIpc) is 2.82. The van der Waals surface area contributed by atoms with Crippen molar-refractivity contribution in [3.05, 3.63) is 65.7 Å². The minimum Gasteiger partial charge on any atom is -0.369 e. The summed E-state index contributed by atoms with van der Waals surface area (Å²) in [5, 5.41) is 5.82. The first-order valence-corrected chi connectivity index (χ1v) is 12.1. The lowest BCUT2D eigenvalue weighted by Gasteiger charge is -2.30. The van der Waals surface area contributed by atoms with Gasteiger partial charge in [-0.1, -0.05) is 56.3 Å². The molecule has 0 aromatic heterocycles. The number of hydrogen-bond donors (Lipinski definition) is 3. The SMILES string of the molecule is CC(C)CC(=O)NC(C(=O)Nc1ccc(CCN2CCC(C(N)=O)CC2)cc1)c1ccccc1. The standard InChI is InChI=1S/C27H36N4O3/c1-19(2)18-24(32)30-25(21-6-4-3-5-7-21)27(34)29-23-10-8-20(9-11-23)12-15-31-16-13-22(14-17-31)26(28)33/h3-11,19,22,25H,12-18H2,1-2H3,(H2,28,33)(H,29,34)(H,30,32). The Morgan fingerprint density at radius 3 is 2.24 bits per heavy atom. The molecule has 1 aliphatic heterocycles. The van der Waals surface area contributed by atoms with E-state index in [4.69, 9.17) is 5.73 Å². The van der Waals surface area contributed by atoms with Gasteiger partial charge in [0.25, 0.3) is 5.91 Å². The van der Waals surface area contributed by atoms with E-state index in [1.165, 1.54) is 5.56 Å². The van der Waals surface area contributed by atoms with Crippen molar-refractivity contribution in [1.82, 2.24) is 10.2 Å². The molecule has 2 aromatic carbocycles. The van der Waals surface area contributed by atoms with E-state index < -0.39 is 6.04 Å². The van der Waals surface area contributed by atoms with Crippen LogP contribution in [0.3, 0.4) is 0 Å². The van der Waals surface area contributed by atoms with Crippen LogP contribution in [0.5, 0.6) is 0 Å². The van der Waals surface area contributed by atoms with Gasteiger partial charge in [-0.05, 0) is 61.5 Å². The minimum absolute atomic E-state index is 0.00835. The van der Waals surface area contributed by atoms with Crippen LogP contribution in [-0.2, 0) is 20.8 Å². The summed E-state index contributed by atoms with van der Waals surface area (Å²) in [7, 11) is 0. The molecule has 2 aromatic rings. The molecule has 0 spiro atoms. The summed E-state index contributed by atoms with van der Waals surface area (Å²) in [6, 6.07) is 16.3. The van der Waals surface area contributed by atoms with E-state index in [-0.39, 0.29) is 29.6 Å². The molecule has 1 unspecified atom stereocenters. The molecular weight excluding hydrogens is 428 g/mol. The van der Waals surface area contributed by atoms with Crippen molar-refractivity contribution < 1.29 is 14.4 Å². The predicted molar refractivity (Wildman–Crippen MR) is 134 cm³/mol. The number of carbonyl (C=O) groups is 3. The number of hydrogen-bond acceptors (Lipinski definition) is 4. The summed E-state index contributed by atoms with van der Waals surface area (Å²) in [4.78, 5) is 39.1. The van der Waals surface area contributed by atoms with Gasteiger partial charge in [-0.3, -0.25) is 14.4 Å². The summed E-state index contributed by atoms with van der Waals surface area (Å²) in [6.45, 7) is 6.66. The highest BCUT2D eigenvalue weighted by Crippen LogP contribution is 2.19. The normalized spacial score (nSPS) is 15.6. The number of likely N-dealkylation sites (tertiary alicyclic amines) is 1. The van der Waals surface area contributed by atoms with Gasteiger partial charge in [-0.2, -0.15) is 0 Å². The molecule has 0 radical (unpaired) electrons. The Morgan fingerprint density at radius 1 is 1.00 bits per heavy atom. The van der Waals surface area contributed by atoms with Crippen LogP contribution in [0.4, 0.5) is 5.69 Å². The fourth-order valence-corrected chi connectivity index (χ4v) is 4.23. The summed E-state index contributed by atoms with van der Waals surface area (Å²) in [5.74, 6) is -0.385. The third-order valence-electron chi connectivity index (χ3n) is 6.22. The van der Waals surface area contributed by atoms with Crippen molar-refractivity contribution in [3.8, 4) is 0 Å². The van der Waals surface area contributed by atoms with Crippen LogP contribution in [-0.4, -0.2) is 42.3 Å². The number of amides is 3. The molecule has 0 saturated carbocycles. The van der Waals surface area contributed by atoms with Crippen LogP contribution in [0.1, 0.15) is 50.3 Å². The number of nitrogens with one attached hydrogen (secondary N) is 2. The summed E-state index contributed by atoms with van der Waals surface area (Å²) < 4.78 is 0. The molecule has 3 amide bonds. The smallest absolute Gasteiger partial charge is 0.251 e. The molecule has 1 atom stereocenters. The molecule has 0 bridgehead atoms. The Kier molecular flexibility index (Phi) is 9.22. The van der Waals surface area contributed by atoms with Crippen LogP contribution in [0.2, 0.25) is 0 Å². The lowest BCUT2D eigenvalue weighted by molar-refractivity contribution is -0.127. The molecule has 7 heteroatoms. The number of carbonyl (C=O) groups excluding carboxylic acids is 3. The first-order valence-electron chi connectivity index (χ1n) is 12.1. The lowest BCUT2D eigenvalue weighted by Crippen LogP contribution is -2.39. The van der Waals surface area contributed by atoms with E-state index in [9.17, 15) is 14.4 Å². The first kappa shape index (κ1) is 25.4. The van der Waals surface area contributed by atoms with Gasteiger partial charge >= 0.3 is 0 Å². The molecule has 1 fully saturated rings. The second-order valence-corrected chi connectivity index (χ2v) is 9.46. The van der Waals surface area contributed by atoms with E-state index in [1.807, 2.05) is 68.4 Å². The second-order valence-electron chi connectivity index (χ2n) is 9.46. The van der Waals surface area contributed by atoms with E-state index >= 15 is 0 Å². The van der Waals surface area contributed by atoms with Gasteiger partial charge in [-0.25, -0.2) is 0 Å². The monoisotopic (exact) mass is 464 g/mol. The summed E-state index contributed by atoms with van der Waals surface area (Å²) in [5.41, 5.74) is 8.03. The highest BCUT2D eigenvalue weighted by atomic mass is 16.2. The van der Waals surface area contributed by atoms with Crippen LogP contribution in [0, 0.1) is 11.8 Å². The third-order valence-corrected chi connectivity index (χ3v) is 6.22. The minimum atomic E-state index is -0.754. The zero-order valence-corrected chi connectivity index (χ0v) is 20.1. The van der Waals surface area contributed by atoms with Gasteiger partial charge in [0.15, 0.2) is 0 Å². The Labute approximate surface area is 202 Å². The first-order chi connectivity index (χ1) is 16.3. The molecule has 7 nitrogen and oxygen atoms in total. The van der Waals surface area contributed by atoms with Crippen molar-refractivity contribution in [3.63, 3.8) is 0 Å². The maximum absolute atomic E-state index is 13.1. The fourth-order valence-electron chi connectivity index (χ4n) is 4.23. The topological polar surface area (TPSA) is 105 Å². The zero-order valence-electron chi connectivity index (χ0n) is 20.1. The van der Waals surface area contributed by atoms with Crippen molar-refractivity contribution in [2.75, 3.05) is 25.0 Å². The van der Waals surface area contributed by atoms with E-state index in [1.54, 1.807) is 0 Å². The van der Waals surface area contributed by atoms with E-state index in [0.717, 1.165) is 44.5 Å². The number of piperidine rings is 1. The van der Waals surface area contributed by atoms with E-state index in [0.29, 0.717) is 12.1 Å². The number of rotatable bonds is 10. The Bertz CT molecular complexity index is 952. The average molecular weight is 465 g/mol. The predicted octanol–water partition coefficient (Wildman–Crippen LogP) is 3.27. The second kappa shape index (κ2) is 12.3. The van der Waals surface area contributed by atoms with Crippen molar-refractivity contribution in [1.29, 1.82) is 0 Å². The molecule has 4 N–H and O–H groups in total. The van der Waals surface area contributed by atoms with Crippen LogP contribution < -0.4 is 16.4 Å². The number of benzene rings is 2. The third kappa shape index (κ3) is 7.70. The van der Waals surface area contributed by atoms with Crippen molar-refractivity contribution in [2.24, 2.45) is 17.6 Å². The van der Waals surface area contributed by atoms with Gasteiger partial charge in [0, 0.05) is 24.6 Å². The molecule has 1 heterocycles. The number of primary amides is 1. The van der Waals surface area contributed by atoms with Gasteiger partial charge in [0.1, 0.15) is 6.04 Å². The van der Waals surface area contributed by atoms with Gasteiger partial charge in [-0.15, -0.1) is 0 Å². The Morgan fingerprint density at radius 2 is 1.65 bits per heavy atom. The summed E-state index contributed by atoms with van der Waals surface area (Å²) in [6.07, 6.45) is 2.92. The number of anilines is 1. The molecular formula is C27H36N4O3. The van der Waals surface area contributed by atoms with Crippen LogP contribution >= 0.6 is 0 Å². The zero-order chi connectivity index (χ0) is 24.5. The molecule has 0 aliphatic carbocycles. The van der Waals surface area contributed by atoms with Crippen LogP contribution in [0.25, 0.3) is 0 Å². The highest BCUT2D eigenvalue weighted by molar-refractivity contribution is 5.97. The molecule has 182 valence electrons. The quantitative estimate of drug-likeness (QED) is 0.502. The van der Waals surface area contributed by atoms with Gasteiger partial charge < -0.3 is 21.3 Å². The maximum atomic E-state index is 13.1. The van der Waals surface area contributed by atoms with Crippen LogP contribution in [0.15, 0.2) is 54.6 Å². The Hall–Kier alpha value is -3.19. The van der Waals surface area contributed by atoms with Gasteiger partial charge in [0.05, 0.1) is 0 Å². The fraction of sp³-hybridized carbons (Fsp3) is 0.444. The highest BCUT2D eigenvalue weighted by Gasteiger charge is 2.24. The maximum Gasteiger partial charge on any atom is 0.251 e. The lowest BCUT2D eigenvalue weighted by atomic mass is 9.96. The summed E-state index contributed by atoms with van der Waals surface area (Å²) >= 11 is 0. The molecule has 1 aliphatic rings. The van der Waals surface area contributed by atoms with E-state index in [2.05, 4.69) is 15.5 Å². The number of nitrogens with zero attached hydrogens (tertiary/aromatic N) is 1. The molecule has 3 rings (SSSR count).